The summed E-state index contributed by atoms with van der Waals surface area (Å²) in [6.45, 7) is 0.467. The van der Waals surface area contributed by atoms with E-state index in [9.17, 15) is 33.4 Å². The molecule has 8 nitrogen and oxygen atoms in total. The molecule has 0 aromatic heterocycles. The summed E-state index contributed by atoms with van der Waals surface area (Å²) in [5.41, 5.74) is 3.00. The predicted molar refractivity (Wildman–Crippen MR) is 181 cm³/mol. The normalized spacial score (nSPS) is 19.3. The highest BCUT2D eigenvalue weighted by atomic mass is 19.1. The number of carbonyl (C=O) groups is 3. The molecule has 2 saturated heterocycles. The van der Waals surface area contributed by atoms with Gasteiger partial charge in [-0.25, -0.2) is 8.78 Å². The van der Waals surface area contributed by atoms with Crippen LogP contribution >= 0.6 is 0 Å². The Kier molecular flexibility index (Phi) is 10.8. The lowest BCUT2D eigenvalue weighted by Gasteiger charge is -2.48. The van der Waals surface area contributed by atoms with E-state index in [-0.39, 0.29) is 30.8 Å². The number of rotatable bonds is 16. The van der Waals surface area contributed by atoms with Crippen LogP contribution in [-0.2, 0) is 30.3 Å². The minimum Gasteiger partial charge on any atom is -0.481 e. The van der Waals surface area contributed by atoms with E-state index < -0.39 is 41.1 Å². The lowest BCUT2D eigenvalue weighted by molar-refractivity contribution is -0.212. The number of carboxylic acids is 1. The second-order valence-electron chi connectivity index (χ2n) is 13.1. The topological polar surface area (TPSA) is 113 Å². The predicted octanol–water partition coefficient (Wildman–Crippen LogP) is 6.73. The number of aliphatic carboxylic acids is 1. The van der Waals surface area contributed by atoms with Crippen molar-refractivity contribution in [3.8, 4) is 0 Å². The molecule has 4 aromatic rings. The van der Waals surface area contributed by atoms with Crippen molar-refractivity contribution in [1.82, 2.24) is 0 Å². The molecule has 1 amide bonds. The van der Waals surface area contributed by atoms with E-state index in [0.29, 0.717) is 55.7 Å². The van der Waals surface area contributed by atoms with Crippen molar-refractivity contribution in [2.45, 2.75) is 55.8 Å². The molecule has 0 bridgehead atoms. The molecule has 2 aliphatic rings. The molecule has 4 atom stereocenters. The van der Waals surface area contributed by atoms with E-state index in [4.69, 9.17) is 9.47 Å². The van der Waals surface area contributed by atoms with E-state index in [1.807, 2.05) is 24.3 Å². The van der Waals surface area contributed by atoms with Gasteiger partial charge in [-0.3, -0.25) is 14.4 Å². The summed E-state index contributed by atoms with van der Waals surface area (Å²) in [6, 6.07) is 27.7. The van der Waals surface area contributed by atoms with Crippen LogP contribution in [0, 0.1) is 17.6 Å². The quantitative estimate of drug-likeness (QED) is 0.126. The standard InChI is InChI=1S/C40H39F2NO7/c41-30-12-10-28(11-13-30)36(45)19-18-34-37(43(38(34)46)32-16-14-31(42)15-17-32)29-8-6-26(7-9-29)20-21-40(24-49-25-40)50-23-33(44)22-35(39(47)48)27-4-2-1-3-5-27/h1-17,34-37,45H,18-25H2,(H,47,48)/t34-,35-,36+,37-/m1/s1. The Balaban J connectivity index is 1.08. The van der Waals surface area contributed by atoms with Gasteiger partial charge < -0.3 is 24.6 Å². The fourth-order valence-electron chi connectivity index (χ4n) is 6.73. The minimum absolute atomic E-state index is 0.117. The molecular weight excluding hydrogens is 644 g/mol. The van der Waals surface area contributed by atoms with Gasteiger partial charge in [-0.2, -0.15) is 0 Å². The number of hydrogen-bond donors (Lipinski definition) is 2. The first-order chi connectivity index (χ1) is 24.1. The number of carbonyl (C=O) groups excluding carboxylic acids is 2. The first-order valence-corrected chi connectivity index (χ1v) is 16.7. The zero-order valence-electron chi connectivity index (χ0n) is 27.4. The summed E-state index contributed by atoms with van der Waals surface area (Å²) < 4.78 is 38.6. The molecule has 2 N–H and O–H groups in total. The van der Waals surface area contributed by atoms with Crippen LogP contribution in [0.5, 0.6) is 0 Å². The van der Waals surface area contributed by atoms with Gasteiger partial charge in [-0.1, -0.05) is 66.7 Å². The maximum absolute atomic E-state index is 13.7. The number of benzene rings is 4. The van der Waals surface area contributed by atoms with Crippen LogP contribution in [-0.4, -0.2) is 53.3 Å². The number of halogens is 2. The molecule has 10 heteroatoms. The largest absolute Gasteiger partial charge is 0.481 e. The van der Waals surface area contributed by atoms with Gasteiger partial charge >= 0.3 is 5.97 Å². The van der Waals surface area contributed by atoms with E-state index in [1.165, 1.54) is 36.4 Å². The third-order valence-electron chi connectivity index (χ3n) is 9.72. The number of hydrogen-bond acceptors (Lipinski definition) is 6. The first-order valence-electron chi connectivity index (χ1n) is 16.7. The number of ketones is 1. The van der Waals surface area contributed by atoms with Gasteiger partial charge in [0.2, 0.25) is 5.91 Å². The summed E-state index contributed by atoms with van der Waals surface area (Å²) in [5.74, 6) is -3.62. The summed E-state index contributed by atoms with van der Waals surface area (Å²) in [6.07, 6.45) is 0.922. The van der Waals surface area contributed by atoms with Gasteiger partial charge in [0.15, 0.2) is 5.78 Å². The van der Waals surface area contributed by atoms with E-state index in [1.54, 1.807) is 47.4 Å². The van der Waals surface area contributed by atoms with Crippen molar-refractivity contribution in [3.05, 3.63) is 137 Å². The van der Waals surface area contributed by atoms with Crippen LogP contribution in [0.25, 0.3) is 0 Å². The average Bonchev–Trinajstić information content (AvgIpc) is 3.10. The van der Waals surface area contributed by atoms with Gasteiger partial charge in [0.05, 0.1) is 37.2 Å². The molecule has 0 saturated carbocycles. The Morgan fingerprint density at radius 2 is 1.52 bits per heavy atom. The highest BCUT2D eigenvalue weighted by Gasteiger charge is 2.48. The summed E-state index contributed by atoms with van der Waals surface area (Å²) in [5, 5.41) is 20.4. The molecule has 0 unspecified atom stereocenters. The molecule has 2 heterocycles. The van der Waals surface area contributed by atoms with Gasteiger partial charge in [0, 0.05) is 12.1 Å². The van der Waals surface area contributed by atoms with Crippen LogP contribution in [0.3, 0.4) is 0 Å². The highest BCUT2D eigenvalue weighted by molar-refractivity contribution is 6.03. The number of Topliss-reactive ketones (excluding diaryl/α,β-unsaturated/α-hetero) is 1. The fraction of sp³-hybridized carbons (Fsp3) is 0.325. The van der Waals surface area contributed by atoms with Crippen LogP contribution in [0.1, 0.15) is 66.0 Å². The molecule has 6 rings (SSSR count). The number of aliphatic hydroxyl groups is 1. The van der Waals surface area contributed by atoms with Crippen molar-refractivity contribution in [2.24, 2.45) is 5.92 Å². The molecule has 50 heavy (non-hydrogen) atoms. The van der Waals surface area contributed by atoms with Crippen LogP contribution in [0.15, 0.2) is 103 Å². The molecule has 2 aliphatic heterocycles. The summed E-state index contributed by atoms with van der Waals surface area (Å²) in [4.78, 5) is 39.7. The Bertz CT molecular complexity index is 1780. The zero-order chi connectivity index (χ0) is 35.3. The third kappa shape index (κ3) is 7.99. The van der Waals surface area contributed by atoms with Gasteiger partial charge in [-0.15, -0.1) is 0 Å². The number of carboxylic acid groups (broad SMARTS) is 1. The Labute approximate surface area is 289 Å². The van der Waals surface area contributed by atoms with Gasteiger partial charge in [-0.05, 0) is 84.3 Å². The first kappa shape index (κ1) is 35.1. The molecule has 0 radical (unpaired) electrons. The number of aliphatic hydroxyl groups excluding tert-OH is 1. The molecule has 0 spiro atoms. The Hall–Kier alpha value is -4.77. The number of anilines is 1. The molecule has 4 aromatic carbocycles. The number of β-lactam (4-membered cyclic amide) rings is 1. The maximum atomic E-state index is 13.7. The lowest BCUT2D eigenvalue weighted by atomic mass is 9.78. The Morgan fingerprint density at radius 3 is 2.12 bits per heavy atom. The molecule has 0 aliphatic carbocycles. The van der Waals surface area contributed by atoms with Gasteiger partial charge in [0.1, 0.15) is 23.8 Å². The van der Waals surface area contributed by atoms with E-state index >= 15 is 0 Å². The smallest absolute Gasteiger partial charge is 0.311 e. The minimum atomic E-state index is -1.06. The number of aryl methyl sites for hydroxylation is 1. The Morgan fingerprint density at radius 1 is 0.880 bits per heavy atom. The second-order valence-corrected chi connectivity index (χ2v) is 13.1. The second kappa shape index (κ2) is 15.4. The van der Waals surface area contributed by atoms with E-state index in [2.05, 4.69) is 0 Å². The SMILES string of the molecule is O=C(COC1(CCc2ccc([C@@H]3[C@@H](CC[C@H](O)c4ccc(F)cc4)C(=O)N3c3ccc(F)cc3)cc2)COC1)C[C@@H](C(=O)O)c1ccccc1. The molecule has 260 valence electrons. The van der Waals surface area contributed by atoms with Crippen LogP contribution in [0.2, 0.25) is 0 Å². The summed E-state index contributed by atoms with van der Waals surface area (Å²) >= 11 is 0. The van der Waals surface area contributed by atoms with E-state index in [0.717, 1.165) is 11.1 Å². The van der Waals surface area contributed by atoms with Crippen LogP contribution < -0.4 is 4.90 Å². The zero-order valence-corrected chi connectivity index (χ0v) is 27.4. The molecular formula is C40H39F2NO7. The maximum Gasteiger partial charge on any atom is 0.311 e. The highest BCUT2D eigenvalue weighted by Crippen LogP contribution is 2.46. The third-order valence-corrected chi connectivity index (χ3v) is 9.72. The van der Waals surface area contributed by atoms with Crippen molar-refractivity contribution in [3.63, 3.8) is 0 Å². The summed E-state index contributed by atoms with van der Waals surface area (Å²) in [7, 11) is 0. The van der Waals surface area contributed by atoms with Crippen molar-refractivity contribution < 1.29 is 42.9 Å². The van der Waals surface area contributed by atoms with Gasteiger partial charge in [0.25, 0.3) is 0 Å². The van der Waals surface area contributed by atoms with Crippen molar-refractivity contribution in [1.29, 1.82) is 0 Å². The molecule has 2 fully saturated rings. The van der Waals surface area contributed by atoms with Crippen molar-refractivity contribution in [2.75, 3.05) is 24.7 Å². The monoisotopic (exact) mass is 683 g/mol. The number of amides is 1. The average molecular weight is 684 g/mol. The van der Waals surface area contributed by atoms with Crippen molar-refractivity contribution >= 4 is 23.3 Å². The fourth-order valence-corrected chi connectivity index (χ4v) is 6.73. The lowest BCUT2D eigenvalue weighted by Crippen LogP contribution is -2.55. The van der Waals surface area contributed by atoms with Crippen LogP contribution in [0.4, 0.5) is 14.5 Å². The number of nitrogens with zero attached hydrogens (tertiary/aromatic N) is 1. The number of ether oxygens (including phenoxy) is 2.